The molecule has 0 aliphatic rings. The molecule has 0 spiro atoms. The summed E-state index contributed by atoms with van der Waals surface area (Å²) < 4.78 is 30.4. The van der Waals surface area contributed by atoms with Crippen LogP contribution in [0.3, 0.4) is 0 Å². The van der Waals surface area contributed by atoms with Crippen molar-refractivity contribution < 1.29 is 13.5 Å². The van der Waals surface area contributed by atoms with E-state index in [1.54, 1.807) is 12.1 Å². The van der Waals surface area contributed by atoms with Crippen LogP contribution in [0.1, 0.15) is 31.4 Å². The summed E-state index contributed by atoms with van der Waals surface area (Å²) in [4.78, 5) is 0.0911. The van der Waals surface area contributed by atoms with Gasteiger partial charge >= 0.3 is 0 Å². The third kappa shape index (κ3) is 4.72. The van der Waals surface area contributed by atoms with Crippen molar-refractivity contribution >= 4 is 43.2 Å². The third-order valence-corrected chi connectivity index (χ3v) is 9.18. The largest absolute Gasteiger partial charge is 0.379 e. The first-order chi connectivity index (χ1) is 18.3. The maximum Gasteiger partial charge on any atom is 0.240 e. The van der Waals surface area contributed by atoms with Crippen molar-refractivity contribution in [2.75, 3.05) is 0 Å². The Bertz CT molecular complexity index is 1610. The van der Waals surface area contributed by atoms with Gasteiger partial charge in [-0.25, -0.2) is 13.1 Å². The molecule has 5 aromatic rings. The zero-order valence-corrected chi connectivity index (χ0v) is 22.9. The van der Waals surface area contributed by atoms with Crippen molar-refractivity contribution in [3.8, 4) is 0 Å². The van der Waals surface area contributed by atoms with E-state index < -0.39 is 21.7 Å². The van der Waals surface area contributed by atoms with Crippen LogP contribution in [-0.4, -0.2) is 19.6 Å². The first-order valence-electron chi connectivity index (χ1n) is 12.7. The lowest BCUT2D eigenvalue weighted by molar-refractivity contribution is 0.0274. The van der Waals surface area contributed by atoms with Crippen LogP contribution in [0.25, 0.3) is 21.5 Å². The monoisotopic (exact) mass is 543 g/mol. The van der Waals surface area contributed by atoms with E-state index >= 15 is 0 Å². The smallest absolute Gasteiger partial charge is 0.240 e. The van der Waals surface area contributed by atoms with Crippen LogP contribution < -0.4 is 4.72 Å². The molecule has 0 aliphatic carbocycles. The Hall–Kier alpha value is -3.22. The molecule has 2 atom stereocenters. The third-order valence-electron chi connectivity index (χ3n) is 7.47. The van der Waals surface area contributed by atoms with Crippen LogP contribution >= 0.6 is 11.6 Å². The highest BCUT2D eigenvalue weighted by Crippen LogP contribution is 2.43. The normalized spacial score (nSPS) is 14.0. The van der Waals surface area contributed by atoms with Gasteiger partial charge in [0.25, 0.3) is 0 Å². The van der Waals surface area contributed by atoms with Crippen LogP contribution in [0, 0.1) is 5.92 Å². The van der Waals surface area contributed by atoms with E-state index in [2.05, 4.69) is 4.72 Å². The molecule has 2 N–H and O–H groups in total. The quantitative estimate of drug-likeness (QED) is 0.216. The second-order valence-electron chi connectivity index (χ2n) is 9.76. The molecule has 0 saturated heterocycles. The molecule has 4 nitrogen and oxygen atoms in total. The lowest BCUT2D eigenvalue weighted by atomic mass is 9.72. The average molecular weight is 544 g/mol. The number of benzene rings is 5. The minimum Gasteiger partial charge on any atom is -0.379 e. The van der Waals surface area contributed by atoms with Crippen molar-refractivity contribution in [3.05, 3.63) is 125 Å². The number of sulfonamides is 1. The van der Waals surface area contributed by atoms with Gasteiger partial charge in [-0.2, -0.15) is 0 Å². The lowest BCUT2D eigenvalue weighted by Gasteiger charge is -2.41. The molecular weight excluding hydrogens is 514 g/mol. The number of hydrogen-bond donors (Lipinski definition) is 2. The Kier molecular flexibility index (Phi) is 7.30. The minimum atomic E-state index is -4.01. The zero-order chi connectivity index (χ0) is 26.9. The molecule has 0 radical (unpaired) electrons. The van der Waals surface area contributed by atoms with Crippen LogP contribution in [-0.2, 0) is 15.6 Å². The number of nitrogens with one attached hydrogen (secondary N) is 1. The Morgan fingerprint density at radius 2 is 1.24 bits per heavy atom. The van der Waals surface area contributed by atoms with Gasteiger partial charge in [-0.05, 0) is 62.9 Å². The SMILES string of the molecule is CC[C@H](C)[C@H](NS(=O)(=O)c1ccc(Cl)cc1)C(O)(c1cccc2ccccc12)c1cccc2ccccc12. The minimum absolute atomic E-state index is 0.0911. The second-order valence-corrected chi connectivity index (χ2v) is 11.9. The van der Waals surface area contributed by atoms with Gasteiger partial charge < -0.3 is 5.11 Å². The van der Waals surface area contributed by atoms with Gasteiger partial charge in [0.2, 0.25) is 10.0 Å². The van der Waals surface area contributed by atoms with E-state index in [1.807, 2.05) is 98.8 Å². The average Bonchev–Trinajstić information content (AvgIpc) is 2.94. The summed E-state index contributed by atoms with van der Waals surface area (Å²) in [6, 6.07) is 32.5. The van der Waals surface area contributed by atoms with Crippen LogP contribution in [0.4, 0.5) is 0 Å². The van der Waals surface area contributed by atoms with Crippen LogP contribution in [0.15, 0.2) is 114 Å². The van der Waals surface area contributed by atoms with Gasteiger partial charge in [0.1, 0.15) is 5.60 Å². The molecule has 194 valence electrons. The molecule has 38 heavy (non-hydrogen) atoms. The lowest BCUT2D eigenvalue weighted by Crippen LogP contribution is -2.54. The molecule has 0 unspecified atom stereocenters. The molecule has 0 saturated carbocycles. The predicted molar refractivity (Wildman–Crippen MR) is 156 cm³/mol. The van der Waals surface area contributed by atoms with E-state index in [9.17, 15) is 13.5 Å². The summed E-state index contributed by atoms with van der Waals surface area (Å²) in [5, 5.41) is 17.2. The molecule has 0 bridgehead atoms. The molecule has 0 amide bonds. The Morgan fingerprint density at radius 1 is 0.763 bits per heavy atom. The fourth-order valence-corrected chi connectivity index (χ4v) is 6.79. The van der Waals surface area contributed by atoms with Gasteiger partial charge in [0.05, 0.1) is 10.9 Å². The summed E-state index contributed by atoms with van der Waals surface area (Å²) in [6.45, 7) is 3.97. The second kappa shape index (κ2) is 10.5. The summed E-state index contributed by atoms with van der Waals surface area (Å²) in [5.41, 5.74) is -0.400. The van der Waals surface area contributed by atoms with Gasteiger partial charge in [0, 0.05) is 5.02 Å². The fraction of sp³-hybridized carbons (Fsp3) is 0.188. The maximum atomic E-state index is 13.7. The van der Waals surface area contributed by atoms with E-state index in [0.717, 1.165) is 21.5 Å². The highest BCUT2D eigenvalue weighted by molar-refractivity contribution is 7.89. The molecule has 0 aromatic heterocycles. The first kappa shape index (κ1) is 26.4. The van der Waals surface area contributed by atoms with Gasteiger partial charge in [-0.3, -0.25) is 0 Å². The molecule has 0 heterocycles. The van der Waals surface area contributed by atoms with Crippen LogP contribution in [0.2, 0.25) is 5.02 Å². The summed E-state index contributed by atoms with van der Waals surface area (Å²) in [7, 11) is -4.01. The van der Waals surface area contributed by atoms with E-state index in [-0.39, 0.29) is 10.8 Å². The van der Waals surface area contributed by atoms with E-state index in [0.29, 0.717) is 22.6 Å². The van der Waals surface area contributed by atoms with Gasteiger partial charge in [0.15, 0.2) is 0 Å². The van der Waals surface area contributed by atoms with Crippen molar-refractivity contribution in [3.63, 3.8) is 0 Å². The molecule has 5 rings (SSSR count). The standard InChI is InChI=1S/C32H30ClNO3S/c1-3-22(2)31(34-38(36,37)26-20-18-25(33)19-21-26)32(35,29-16-8-12-23-10-4-6-14-27(23)29)30-17-9-13-24-11-5-7-15-28(24)30/h4-22,31,34-35H,3H2,1-2H3/t22-,31-/m0/s1. The summed E-state index contributed by atoms with van der Waals surface area (Å²) in [5.74, 6) is -0.222. The number of hydrogen-bond acceptors (Lipinski definition) is 3. The molecular formula is C32H30ClNO3S. The van der Waals surface area contributed by atoms with Gasteiger partial charge in [-0.1, -0.05) is 117 Å². The van der Waals surface area contributed by atoms with E-state index in [4.69, 9.17) is 11.6 Å². The van der Waals surface area contributed by atoms with Crippen molar-refractivity contribution in [2.45, 2.75) is 36.8 Å². The van der Waals surface area contributed by atoms with Gasteiger partial charge in [-0.15, -0.1) is 0 Å². The Labute approximate surface area is 229 Å². The Morgan fingerprint density at radius 3 is 1.74 bits per heavy atom. The van der Waals surface area contributed by atoms with Crippen molar-refractivity contribution in [1.82, 2.24) is 4.72 Å². The summed E-state index contributed by atoms with van der Waals surface area (Å²) in [6.07, 6.45) is 0.644. The highest BCUT2D eigenvalue weighted by Gasteiger charge is 2.46. The number of rotatable bonds is 8. The number of aliphatic hydroxyl groups is 1. The molecule has 5 aromatic carbocycles. The number of halogens is 1. The predicted octanol–water partition coefficient (Wildman–Crippen LogP) is 7.28. The summed E-state index contributed by atoms with van der Waals surface area (Å²) >= 11 is 6.03. The van der Waals surface area contributed by atoms with Crippen molar-refractivity contribution in [2.24, 2.45) is 5.92 Å². The van der Waals surface area contributed by atoms with Crippen molar-refractivity contribution in [1.29, 1.82) is 0 Å². The first-order valence-corrected chi connectivity index (χ1v) is 14.6. The van der Waals surface area contributed by atoms with Crippen LogP contribution in [0.5, 0.6) is 0 Å². The molecule has 0 aliphatic heterocycles. The topological polar surface area (TPSA) is 66.4 Å². The number of fused-ring (bicyclic) bond motifs is 2. The fourth-order valence-electron chi connectivity index (χ4n) is 5.29. The zero-order valence-electron chi connectivity index (χ0n) is 21.3. The molecule has 0 fully saturated rings. The molecule has 6 heteroatoms. The Balaban J connectivity index is 1.81. The maximum absolute atomic E-state index is 13.7. The van der Waals surface area contributed by atoms with E-state index in [1.165, 1.54) is 12.1 Å². The highest BCUT2D eigenvalue weighted by atomic mass is 35.5.